The summed E-state index contributed by atoms with van der Waals surface area (Å²) in [6.07, 6.45) is 6.27. The number of benzene rings is 1. The van der Waals surface area contributed by atoms with Gasteiger partial charge < -0.3 is 0 Å². The van der Waals surface area contributed by atoms with Gasteiger partial charge in [-0.3, -0.25) is 4.79 Å². The fourth-order valence-electron chi connectivity index (χ4n) is 4.10. The lowest BCUT2D eigenvalue weighted by Crippen LogP contribution is -2.16. The molecule has 18 heavy (non-hydrogen) atoms. The molecule has 3 rings (SSSR count). The van der Waals surface area contributed by atoms with Crippen molar-refractivity contribution in [2.75, 3.05) is 0 Å². The van der Waals surface area contributed by atoms with Crippen molar-refractivity contribution in [3.05, 3.63) is 34.9 Å². The normalized spacial score (nSPS) is 29.8. The Bertz CT molecular complexity index is 474. The van der Waals surface area contributed by atoms with Crippen LogP contribution in [0.25, 0.3) is 0 Å². The topological polar surface area (TPSA) is 17.1 Å². The van der Waals surface area contributed by atoms with Crippen molar-refractivity contribution in [1.29, 1.82) is 0 Å². The van der Waals surface area contributed by atoms with Gasteiger partial charge in [-0.2, -0.15) is 0 Å². The van der Waals surface area contributed by atoms with E-state index in [1.54, 1.807) is 0 Å². The first-order valence-electron chi connectivity index (χ1n) is 7.24. The quantitative estimate of drug-likeness (QED) is 0.722. The fraction of sp³-hybridized carbons (Fsp3) is 0.588. The maximum Gasteiger partial charge on any atom is 0.163 e. The maximum absolute atomic E-state index is 12.4. The van der Waals surface area contributed by atoms with Crippen LogP contribution < -0.4 is 0 Å². The lowest BCUT2D eigenvalue weighted by atomic mass is 9.83. The lowest BCUT2D eigenvalue weighted by Gasteiger charge is -2.21. The van der Waals surface area contributed by atoms with Crippen LogP contribution in [0.4, 0.5) is 0 Å². The predicted octanol–water partition coefficient (Wildman–Crippen LogP) is 4.31. The molecule has 0 N–H and O–H groups in total. The molecule has 0 saturated heterocycles. The summed E-state index contributed by atoms with van der Waals surface area (Å²) in [5.74, 6) is 2.83. The van der Waals surface area contributed by atoms with E-state index < -0.39 is 0 Å². The molecular formula is C17H22O. The number of hydrogen-bond donors (Lipinski definition) is 0. The Morgan fingerprint density at radius 2 is 2.06 bits per heavy atom. The highest BCUT2D eigenvalue weighted by atomic mass is 16.1. The van der Waals surface area contributed by atoms with E-state index >= 15 is 0 Å². The Balaban J connectivity index is 1.71. The van der Waals surface area contributed by atoms with Crippen LogP contribution in [0.2, 0.25) is 0 Å². The smallest absolute Gasteiger partial charge is 0.163 e. The summed E-state index contributed by atoms with van der Waals surface area (Å²) in [5, 5.41) is 0. The highest BCUT2D eigenvalue weighted by molar-refractivity contribution is 5.97. The van der Waals surface area contributed by atoms with Gasteiger partial charge in [-0.1, -0.05) is 30.2 Å². The average Bonchev–Trinajstić information content (AvgIpc) is 2.90. The van der Waals surface area contributed by atoms with Crippen molar-refractivity contribution in [2.24, 2.45) is 17.8 Å². The van der Waals surface area contributed by atoms with Crippen LogP contribution in [0.15, 0.2) is 18.2 Å². The third-order valence-electron chi connectivity index (χ3n) is 5.01. The predicted molar refractivity (Wildman–Crippen MR) is 73.8 cm³/mol. The lowest BCUT2D eigenvalue weighted by molar-refractivity contribution is 0.0943. The zero-order valence-corrected chi connectivity index (χ0v) is 11.4. The van der Waals surface area contributed by atoms with Gasteiger partial charge in [0.05, 0.1) is 0 Å². The number of Topliss-reactive ketones (excluding diaryl/α,β-unsaturated/α-hetero) is 1. The van der Waals surface area contributed by atoms with Gasteiger partial charge in [0.2, 0.25) is 0 Å². The molecule has 0 aromatic heterocycles. The van der Waals surface area contributed by atoms with Gasteiger partial charge in [0, 0.05) is 12.0 Å². The number of fused-ring (bicyclic) bond motifs is 2. The number of carbonyl (C=O) groups is 1. The summed E-state index contributed by atoms with van der Waals surface area (Å²) in [6, 6.07) is 6.19. The molecule has 0 radical (unpaired) electrons. The zero-order chi connectivity index (χ0) is 12.7. The van der Waals surface area contributed by atoms with Crippen LogP contribution >= 0.6 is 0 Å². The van der Waals surface area contributed by atoms with Gasteiger partial charge in [-0.15, -0.1) is 0 Å². The van der Waals surface area contributed by atoms with Crippen molar-refractivity contribution >= 4 is 5.78 Å². The monoisotopic (exact) mass is 242 g/mol. The van der Waals surface area contributed by atoms with Gasteiger partial charge in [-0.05, 0) is 56.4 Å². The van der Waals surface area contributed by atoms with Crippen LogP contribution in [-0.4, -0.2) is 5.78 Å². The maximum atomic E-state index is 12.4. The second-order valence-corrected chi connectivity index (χ2v) is 6.38. The van der Waals surface area contributed by atoms with Gasteiger partial charge in [0.25, 0.3) is 0 Å². The third-order valence-corrected chi connectivity index (χ3v) is 5.01. The molecule has 1 heteroatoms. The van der Waals surface area contributed by atoms with Crippen molar-refractivity contribution in [3.63, 3.8) is 0 Å². The van der Waals surface area contributed by atoms with Gasteiger partial charge in [-0.25, -0.2) is 0 Å². The Kier molecular flexibility index (Phi) is 3.01. The molecule has 2 aliphatic rings. The van der Waals surface area contributed by atoms with E-state index in [2.05, 4.69) is 26.0 Å². The molecule has 0 spiro atoms. The molecule has 1 aromatic rings. The number of hydrogen-bond acceptors (Lipinski definition) is 1. The summed E-state index contributed by atoms with van der Waals surface area (Å²) >= 11 is 0. The molecule has 2 bridgehead atoms. The van der Waals surface area contributed by atoms with E-state index in [4.69, 9.17) is 0 Å². The van der Waals surface area contributed by atoms with Crippen molar-refractivity contribution in [3.8, 4) is 0 Å². The molecule has 0 heterocycles. The molecule has 3 unspecified atom stereocenters. The highest BCUT2D eigenvalue weighted by Gasteiger charge is 2.40. The average molecular weight is 242 g/mol. The molecule has 1 aromatic carbocycles. The Morgan fingerprint density at radius 1 is 1.22 bits per heavy atom. The van der Waals surface area contributed by atoms with E-state index in [1.165, 1.54) is 31.2 Å². The van der Waals surface area contributed by atoms with Gasteiger partial charge >= 0.3 is 0 Å². The van der Waals surface area contributed by atoms with Gasteiger partial charge in [0.15, 0.2) is 5.78 Å². The summed E-state index contributed by atoms with van der Waals surface area (Å²) in [6.45, 7) is 4.14. The molecule has 2 fully saturated rings. The second-order valence-electron chi connectivity index (χ2n) is 6.38. The van der Waals surface area contributed by atoms with E-state index in [0.717, 1.165) is 29.4 Å². The number of aryl methyl sites for hydroxylation is 2. The first kappa shape index (κ1) is 12.0. The van der Waals surface area contributed by atoms with Gasteiger partial charge in [0.1, 0.15) is 0 Å². The second kappa shape index (κ2) is 4.53. The minimum atomic E-state index is 0.366. The molecule has 0 amide bonds. The highest BCUT2D eigenvalue weighted by Crippen LogP contribution is 2.49. The largest absolute Gasteiger partial charge is 0.294 e. The van der Waals surface area contributed by atoms with Crippen LogP contribution in [0, 0.1) is 31.6 Å². The first-order valence-corrected chi connectivity index (χ1v) is 7.24. The van der Waals surface area contributed by atoms with Crippen LogP contribution in [0.3, 0.4) is 0 Å². The summed E-state index contributed by atoms with van der Waals surface area (Å²) in [4.78, 5) is 12.4. The Morgan fingerprint density at radius 3 is 2.67 bits per heavy atom. The SMILES string of the molecule is Cc1ccc(C(=O)CC2CC3CCC2C3)c(C)c1. The summed E-state index contributed by atoms with van der Waals surface area (Å²) in [5.41, 5.74) is 3.33. The molecule has 2 aliphatic carbocycles. The summed E-state index contributed by atoms with van der Waals surface area (Å²) < 4.78 is 0. The van der Waals surface area contributed by atoms with Crippen LogP contribution in [-0.2, 0) is 0 Å². The molecule has 3 atom stereocenters. The number of ketones is 1. The Labute approximate surface area is 110 Å². The van der Waals surface area contributed by atoms with Crippen LogP contribution in [0.5, 0.6) is 0 Å². The van der Waals surface area contributed by atoms with E-state index in [0.29, 0.717) is 11.7 Å². The standard InChI is InChI=1S/C17H22O/c1-11-3-6-16(12(2)7-11)17(18)10-15-9-13-4-5-14(15)8-13/h3,6-7,13-15H,4-5,8-10H2,1-2H3. The van der Waals surface area contributed by atoms with Crippen molar-refractivity contribution < 1.29 is 4.79 Å². The summed E-state index contributed by atoms with van der Waals surface area (Å²) in [7, 11) is 0. The minimum Gasteiger partial charge on any atom is -0.294 e. The van der Waals surface area contributed by atoms with Crippen LogP contribution in [0.1, 0.15) is 53.6 Å². The van der Waals surface area contributed by atoms with E-state index in [1.807, 2.05) is 6.07 Å². The molecule has 0 aliphatic heterocycles. The minimum absolute atomic E-state index is 0.366. The first-order chi connectivity index (χ1) is 8.63. The molecule has 96 valence electrons. The van der Waals surface area contributed by atoms with E-state index in [-0.39, 0.29) is 0 Å². The third kappa shape index (κ3) is 2.11. The number of rotatable bonds is 3. The molecule has 2 saturated carbocycles. The van der Waals surface area contributed by atoms with Crippen molar-refractivity contribution in [1.82, 2.24) is 0 Å². The number of carbonyl (C=O) groups excluding carboxylic acids is 1. The van der Waals surface area contributed by atoms with Crippen molar-refractivity contribution in [2.45, 2.75) is 46.0 Å². The molecule has 1 nitrogen and oxygen atoms in total. The fourth-order valence-corrected chi connectivity index (χ4v) is 4.10. The zero-order valence-electron chi connectivity index (χ0n) is 11.4. The Hall–Kier alpha value is -1.11. The molecular weight excluding hydrogens is 220 g/mol. The van der Waals surface area contributed by atoms with E-state index in [9.17, 15) is 4.79 Å².